The molecule has 1 saturated heterocycles. The van der Waals surface area contributed by atoms with Crippen LogP contribution >= 0.6 is 0 Å². The molecule has 1 fully saturated rings. The number of aromatic nitrogens is 4. The van der Waals surface area contributed by atoms with Crippen LogP contribution in [0.4, 0.5) is 0 Å². The summed E-state index contributed by atoms with van der Waals surface area (Å²) in [5.41, 5.74) is 3.62. The molecule has 2 aromatic carbocycles. The van der Waals surface area contributed by atoms with E-state index in [1.807, 2.05) is 53.7 Å². The van der Waals surface area contributed by atoms with Crippen molar-refractivity contribution in [3.8, 4) is 11.5 Å². The van der Waals surface area contributed by atoms with Crippen molar-refractivity contribution in [1.29, 1.82) is 0 Å². The molecule has 1 aliphatic rings. The van der Waals surface area contributed by atoms with Crippen LogP contribution in [0.1, 0.15) is 35.1 Å². The first-order valence-corrected chi connectivity index (χ1v) is 9.80. The highest BCUT2D eigenvalue weighted by atomic mass is 16.4. The molecule has 0 atom stereocenters. The first-order chi connectivity index (χ1) is 14.2. The van der Waals surface area contributed by atoms with E-state index < -0.39 is 0 Å². The molecule has 7 heteroatoms. The molecule has 4 aromatic rings. The molecule has 146 valence electrons. The number of aryl methyl sites for hydroxylation is 1. The van der Waals surface area contributed by atoms with Gasteiger partial charge in [0.15, 0.2) is 0 Å². The second-order valence-corrected chi connectivity index (χ2v) is 7.37. The minimum Gasteiger partial charge on any atom is -0.421 e. The van der Waals surface area contributed by atoms with Gasteiger partial charge in [-0.3, -0.25) is 4.79 Å². The van der Waals surface area contributed by atoms with Gasteiger partial charge in [-0.05, 0) is 43.2 Å². The van der Waals surface area contributed by atoms with Crippen LogP contribution in [-0.4, -0.2) is 43.6 Å². The first kappa shape index (κ1) is 17.6. The van der Waals surface area contributed by atoms with Gasteiger partial charge in [-0.2, -0.15) is 0 Å². The highest BCUT2D eigenvalue weighted by Crippen LogP contribution is 2.29. The summed E-state index contributed by atoms with van der Waals surface area (Å²) in [6.07, 6.45) is 3.69. The molecule has 0 spiro atoms. The van der Waals surface area contributed by atoms with E-state index in [1.165, 1.54) is 0 Å². The molecular formula is C22H21N5O2. The molecule has 0 saturated carbocycles. The van der Waals surface area contributed by atoms with Crippen LogP contribution < -0.4 is 0 Å². The quantitative estimate of drug-likeness (QED) is 0.533. The Kier molecular flexibility index (Phi) is 4.35. The lowest BCUT2D eigenvalue weighted by Gasteiger charge is -2.33. The molecule has 7 nitrogen and oxygen atoms in total. The Morgan fingerprint density at radius 1 is 1.07 bits per heavy atom. The van der Waals surface area contributed by atoms with Crippen molar-refractivity contribution in [2.75, 3.05) is 13.1 Å². The van der Waals surface area contributed by atoms with Gasteiger partial charge >= 0.3 is 0 Å². The minimum absolute atomic E-state index is 0.105. The summed E-state index contributed by atoms with van der Waals surface area (Å²) in [6, 6.07) is 15.8. The summed E-state index contributed by atoms with van der Waals surface area (Å²) in [7, 11) is 0. The van der Waals surface area contributed by atoms with Crippen molar-refractivity contribution in [3.63, 3.8) is 0 Å². The standard InChI is InChI=1S/C22H21N5O2/c1-15-24-25-21(29-15)17-7-8-19-20(13-17)27(14-23-19)18-9-11-26(12-10-18)22(28)16-5-3-2-4-6-16/h2-8,13-14,18H,9-12H2,1H3. The van der Waals surface area contributed by atoms with Gasteiger partial charge in [-0.25, -0.2) is 4.98 Å². The largest absolute Gasteiger partial charge is 0.421 e. The number of amides is 1. The molecule has 2 aromatic heterocycles. The fraction of sp³-hybridized carbons (Fsp3) is 0.273. The molecule has 0 N–H and O–H groups in total. The highest BCUT2D eigenvalue weighted by molar-refractivity contribution is 5.94. The number of hydrogen-bond acceptors (Lipinski definition) is 5. The van der Waals surface area contributed by atoms with Gasteiger partial charge in [0.25, 0.3) is 5.91 Å². The fourth-order valence-electron chi connectivity index (χ4n) is 3.97. The number of carbonyl (C=O) groups excluding carboxylic acids is 1. The smallest absolute Gasteiger partial charge is 0.253 e. The molecular weight excluding hydrogens is 366 g/mol. The van der Waals surface area contributed by atoms with E-state index in [4.69, 9.17) is 4.42 Å². The van der Waals surface area contributed by atoms with Crippen molar-refractivity contribution in [2.45, 2.75) is 25.8 Å². The fourth-order valence-corrected chi connectivity index (χ4v) is 3.97. The van der Waals surface area contributed by atoms with Crippen LogP contribution in [0.2, 0.25) is 0 Å². The first-order valence-electron chi connectivity index (χ1n) is 9.80. The monoisotopic (exact) mass is 387 g/mol. The third-order valence-corrected chi connectivity index (χ3v) is 5.51. The van der Waals surface area contributed by atoms with E-state index in [9.17, 15) is 4.79 Å². The zero-order valence-electron chi connectivity index (χ0n) is 16.2. The van der Waals surface area contributed by atoms with E-state index in [2.05, 4.69) is 25.8 Å². The second-order valence-electron chi connectivity index (χ2n) is 7.37. The van der Waals surface area contributed by atoms with Gasteiger partial charge in [0, 0.05) is 37.2 Å². The average Bonchev–Trinajstić information content (AvgIpc) is 3.40. The maximum Gasteiger partial charge on any atom is 0.253 e. The van der Waals surface area contributed by atoms with Crippen LogP contribution in [0.5, 0.6) is 0 Å². The van der Waals surface area contributed by atoms with Crippen LogP contribution in [0.3, 0.4) is 0 Å². The number of benzene rings is 2. The Balaban J connectivity index is 1.36. The third-order valence-electron chi connectivity index (χ3n) is 5.51. The lowest BCUT2D eigenvalue weighted by atomic mass is 10.0. The Morgan fingerprint density at radius 3 is 2.59 bits per heavy atom. The van der Waals surface area contributed by atoms with Gasteiger partial charge in [0.2, 0.25) is 11.8 Å². The zero-order valence-corrected chi connectivity index (χ0v) is 16.2. The molecule has 0 aliphatic carbocycles. The van der Waals surface area contributed by atoms with E-state index in [0.717, 1.165) is 48.1 Å². The number of fused-ring (bicyclic) bond motifs is 1. The molecule has 5 rings (SSSR count). The molecule has 0 radical (unpaired) electrons. The summed E-state index contributed by atoms with van der Waals surface area (Å²) in [4.78, 5) is 19.2. The number of rotatable bonds is 3. The number of likely N-dealkylation sites (tertiary alicyclic amines) is 1. The van der Waals surface area contributed by atoms with Crippen molar-refractivity contribution >= 4 is 16.9 Å². The van der Waals surface area contributed by atoms with Crippen LogP contribution in [0, 0.1) is 6.92 Å². The number of piperidine rings is 1. The van der Waals surface area contributed by atoms with E-state index in [0.29, 0.717) is 17.8 Å². The molecule has 1 amide bonds. The van der Waals surface area contributed by atoms with E-state index >= 15 is 0 Å². The predicted molar refractivity (Wildman–Crippen MR) is 108 cm³/mol. The average molecular weight is 387 g/mol. The lowest BCUT2D eigenvalue weighted by Crippen LogP contribution is -2.38. The Morgan fingerprint density at radius 2 is 1.86 bits per heavy atom. The van der Waals surface area contributed by atoms with E-state index in [1.54, 1.807) is 6.92 Å². The molecule has 29 heavy (non-hydrogen) atoms. The van der Waals surface area contributed by atoms with Crippen molar-refractivity contribution in [3.05, 3.63) is 66.3 Å². The Bertz CT molecular complexity index is 1160. The maximum atomic E-state index is 12.7. The van der Waals surface area contributed by atoms with Crippen LogP contribution in [0.25, 0.3) is 22.5 Å². The van der Waals surface area contributed by atoms with Gasteiger partial charge in [0.1, 0.15) is 0 Å². The predicted octanol–water partition coefficient (Wildman–Crippen LogP) is 3.87. The van der Waals surface area contributed by atoms with E-state index in [-0.39, 0.29) is 5.91 Å². The van der Waals surface area contributed by atoms with Gasteiger partial charge in [-0.15, -0.1) is 10.2 Å². The summed E-state index contributed by atoms with van der Waals surface area (Å²) >= 11 is 0. The normalized spacial score (nSPS) is 15.1. The SMILES string of the molecule is Cc1nnc(-c2ccc3ncn(C4CCN(C(=O)c5ccccc5)CC4)c3c2)o1. The van der Waals surface area contributed by atoms with Crippen molar-refractivity contribution in [2.24, 2.45) is 0 Å². The molecule has 3 heterocycles. The number of hydrogen-bond donors (Lipinski definition) is 0. The minimum atomic E-state index is 0.105. The number of imidazole rings is 1. The summed E-state index contributed by atoms with van der Waals surface area (Å²) < 4.78 is 7.78. The third kappa shape index (κ3) is 3.29. The lowest BCUT2D eigenvalue weighted by molar-refractivity contribution is 0.0696. The summed E-state index contributed by atoms with van der Waals surface area (Å²) in [5.74, 6) is 1.16. The highest BCUT2D eigenvalue weighted by Gasteiger charge is 2.25. The van der Waals surface area contributed by atoms with Gasteiger partial charge < -0.3 is 13.9 Å². The number of nitrogens with zero attached hydrogens (tertiary/aromatic N) is 5. The van der Waals surface area contributed by atoms with Crippen LogP contribution in [-0.2, 0) is 0 Å². The molecule has 0 unspecified atom stereocenters. The Labute approximate surface area is 168 Å². The Hall–Kier alpha value is -3.48. The molecule has 1 aliphatic heterocycles. The van der Waals surface area contributed by atoms with Crippen molar-refractivity contribution in [1.82, 2.24) is 24.6 Å². The zero-order chi connectivity index (χ0) is 19.8. The number of carbonyl (C=O) groups is 1. The topological polar surface area (TPSA) is 77.1 Å². The van der Waals surface area contributed by atoms with Crippen molar-refractivity contribution < 1.29 is 9.21 Å². The maximum absolute atomic E-state index is 12.7. The van der Waals surface area contributed by atoms with Crippen LogP contribution in [0.15, 0.2) is 59.3 Å². The summed E-state index contributed by atoms with van der Waals surface area (Å²) in [5, 5.41) is 8.03. The molecule has 0 bridgehead atoms. The second kappa shape index (κ2) is 7.16. The van der Waals surface area contributed by atoms with Gasteiger partial charge in [-0.1, -0.05) is 18.2 Å². The summed E-state index contributed by atoms with van der Waals surface area (Å²) in [6.45, 7) is 3.25. The van der Waals surface area contributed by atoms with Gasteiger partial charge in [0.05, 0.1) is 17.4 Å².